The first kappa shape index (κ1) is 11.9. The highest BCUT2D eigenvalue weighted by Gasteiger charge is 2.26. The number of hydrogen-bond donors (Lipinski definition) is 1. The predicted molar refractivity (Wildman–Crippen MR) is 68.8 cm³/mol. The van der Waals surface area contributed by atoms with E-state index in [2.05, 4.69) is 9.97 Å². The van der Waals surface area contributed by atoms with Crippen LogP contribution in [0.15, 0.2) is 29.1 Å². The maximum absolute atomic E-state index is 13.7. The molecule has 1 aliphatic carbocycles. The lowest BCUT2D eigenvalue weighted by atomic mass is 10.2. The van der Waals surface area contributed by atoms with Crippen molar-refractivity contribution in [3.63, 3.8) is 0 Å². The summed E-state index contributed by atoms with van der Waals surface area (Å²) in [5.41, 5.74) is 1.12. The Balaban J connectivity index is 2.06. The van der Waals surface area contributed by atoms with Gasteiger partial charge in [0.2, 0.25) is 0 Å². The van der Waals surface area contributed by atoms with E-state index in [0.29, 0.717) is 17.3 Å². The number of ether oxygens (including phenoxy) is 1. The number of halogens is 1. The summed E-state index contributed by atoms with van der Waals surface area (Å²) >= 11 is 0. The number of benzene rings is 1. The minimum atomic E-state index is -0.473. The fourth-order valence-electron chi connectivity index (χ4n) is 2.02. The average Bonchev–Trinajstić information content (AvgIpc) is 3.22. The summed E-state index contributed by atoms with van der Waals surface area (Å²) in [6, 6.07) is 6.03. The van der Waals surface area contributed by atoms with Crippen LogP contribution in [-0.4, -0.2) is 17.1 Å². The minimum Gasteiger partial charge on any atom is -0.494 e. The molecule has 0 aliphatic heterocycles. The van der Waals surface area contributed by atoms with Crippen molar-refractivity contribution in [1.82, 2.24) is 9.97 Å². The molecule has 0 unspecified atom stereocenters. The molecule has 4 nitrogen and oxygen atoms in total. The second kappa shape index (κ2) is 4.50. The second-order valence-electron chi connectivity index (χ2n) is 4.64. The Morgan fingerprint density at radius 3 is 2.79 bits per heavy atom. The summed E-state index contributed by atoms with van der Waals surface area (Å²) in [6.45, 7) is 0. The molecule has 1 saturated carbocycles. The van der Waals surface area contributed by atoms with Gasteiger partial charge in [-0.05, 0) is 31.0 Å². The standard InChI is InChI=1S/C14H13FN2O2/c1-19-12-5-4-9(6-10(12)15)14-16-11(8-2-3-8)7-13(18)17-14/h4-8H,2-3H2,1H3,(H,16,17,18). The molecule has 3 rings (SSSR count). The van der Waals surface area contributed by atoms with E-state index in [4.69, 9.17) is 4.74 Å². The fraction of sp³-hybridized carbons (Fsp3) is 0.286. The first-order chi connectivity index (χ1) is 9.17. The van der Waals surface area contributed by atoms with E-state index in [1.54, 1.807) is 6.07 Å². The Bertz CT molecular complexity index is 677. The number of methoxy groups -OCH3 is 1. The number of nitrogens with zero attached hydrogens (tertiary/aromatic N) is 1. The van der Waals surface area contributed by atoms with Gasteiger partial charge in [0.15, 0.2) is 11.6 Å². The molecule has 2 aromatic rings. The molecule has 0 saturated heterocycles. The van der Waals surface area contributed by atoms with Gasteiger partial charge in [-0.3, -0.25) is 4.79 Å². The third-order valence-corrected chi connectivity index (χ3v) is 3.18. The van der Waals surface area contributed by atoms with Crippen LogP contribution in [0, 0.1) is 5.82 Å². The van der Waals surface area contributed by atoms with Crippen LogP contribution in [0.3, 0.4) is 0 Å². The van der Waals surface area contributed by atoms with Crippen molar-refractivity contribution in [3.8, 4) is 17.1 Å². The molecular weight excluding hydrogens is 247 g/mol. The topological polar surface area (TPSA) is 55.0 Å². The monoisotopic (exact) mass is 260 g/mol. The number of rotatable bonds is 3. The van der Waals surface area contributed by atoms with Gasteiger partial charge in [-0.25, -0.2) is 9.37 Å². The van der Waals surface area contributed by atoms with Gasteiger partial charge in [-0.2, -0.15) is 0 Å². The van der Waals surface area contributed by atoms with Crippen molar-refractivity contribution < 1.29 is 9.13 Å². The van der Waals surface area contributed by atoms with Crippen molar-refractivity contribution in [2.75, 3.05) is 7.11 Å². The zero-order chi connectivity index (χ0) is 13.4. The van der Waals surface area contributed by atoms with Gasteiger partial charge >= 0.3 is 0 Å². The second-order valence-corrected chi connectivity index (χ2v) is 4.64. The van der Waals surface area contributed by atoms with E-state index < -0.39 is 5.82 Å². The molecule has 1 aromatic heterocycles. The fourth-order valence-corrected chi connectivity index (χ4v) is 2.02. The lowest BCUT2D eigenvalue weighted by molar-refractivity contribution is 0.386. The normalized spacial score (nSPS) is 14.4. The van der Waals surface area contributed by atoms with Crippen molar-refractivity contribution in [2.45, 2.75) is 18.8 Å². The molecule has 1 fully saturated rings. The van der Waals surface area contributed by atoms with Crippen molar-refractivity contribution in [2.24, 2.45) is 0 Å². The number of aromatic amines is 1. The van der Waals surface area contributed by atoms with E-state index in [9.17, 15) is 9.18 Å². The molecule has 19 heavy (non-hydrogen) atoms. The summed E-state index contributed by atoms with van der Waals surface area (Å²) in [5, 5.41) is 0. The maximum atomic E-state index is 13.7. The average molecular weight is 260 g/mol. The number of hydrogen-bond acceptors (Lipinski definition) is 3. The quantitative estimate of drug-likeness (QED) is 0.922. The molecule has 0 amide bonds. The molecular formula is C14H13FN2O2. The van der Waals surface area contributed by atoms with Gasteiger partial charge in [-0.1, -0.05) is 0 Å². The van der Waals surface area contributed by atoms with E-state index in [1.807, 2.05) is 0 Å². The van der Waals surface area contributed by atoms with Crippen LogP contribution in [-0.2, 0) is 0 Å². The number of H-pyrrole nitrogens is 1. The predicted octanol–water partition coefficient (Wildman–Crippen LogP) is 2.46. The van der Waals surface area contributed by atoms with Gasteiger partial charge < -0.3 is 9.72 Å². The zero-order valence-electron chi connectivity index (χ0n) is 10.4. The molecule has 0 atom stereocenters. The molecule has 1 N–H and O–H groups in total. The lowest BCUT2D eigenvalue weighted by Crippen LogP contribution is -2.10. The van der Waals surface area contributed by atoms with E-state index in [1.165, 1.54) is 25.3 Å². The molecule has 1 aliphatic rings. The minimum absolute atomic E-state index is 0.171. The number of nitrogens with one attached hydrogen (secondary N) is 1. The maximum Gasteiger partial charge on any atom is 0.251 e. The lowest BCUT2D eigenvalue weighted by Gasteiger charge is -2.06. The van der Waals surface area contributed by atoms with Gasteiger partial charge in [-0.15, -0.1) is 0 Å². The highest BCUT2D eigenvalue weighted by Crippen LogP contribution is 2.38. The Morgan fingerprint density at radius 2 is 2.16 bits per heavy atom. The van der Waals surface area contributed by atoms with Gasteiger partial charge in [0.25, 0.3) is 5.56 Å². The van der Waals surface area contributed by atoms with Gasteiger partial charge in [0.1, 0.15) is 5.82 Å². The van der Waals surface area contributed by atoms with E-state index in [0.717, 1.165) is 18.5 Å². The smallest absolute Gasteiger partial charge is 0.251 e. The first-order valence-electron chi connectivity index (χ1n) is 6.12. The summed E-state index contributed by atoms with van der Waals surface area (Å²) < 4.78 is 18.5. The van der Waals surface area contributed by atoms with Crippen molar-refractivity contribution in [3.05, 3.63) is 46.1 Å². The Labute approximate surface area is 109 Å². The molecule has 1 heterocycles. The van der Waals surface area contributed by atoms with Crippen LogP contribution in [0.25, 0.3) is 11.4 Å². The Kier molecular flexibility index (Phi) is 2.81. The van der Waals surface area contributed by atoms with Crippen LogP contribution in [0.1, 0.15) is 24.5 Å². The SMILES string of the molecule is COc1ccc(-c2nc(C3CC3)cc(=O)[nH]2)cc1F. The van der Waals surface area contributed by atoms with Crippen LogP contribution in [0.4, 0.5) is 4.39 Å². The zero-order valence-corrected chi connectivity index (χ0v) is 10.4. The Morgan fingerprint density at radius 1 is 1.37 bits per heavy atom. The summed E-state index contributed by atoms with van der Waals surface area (Å²) in [5.74, 6) is 0.476. The van der Waals surface area contributed by atoms with Gasteiger partial charge in [0.05, 0.1) is 12.8 Å². The van der Waals surface area contributed by atoms with Crippen LogP contribution in [0.5, 0.6) is 5.75 Å². The molecule has 0 spiro atoms. The molecule has 98 valence electrons. The Hall–Kier alpha value is -2.17. The number of aromatic nitrogens is 2. The highest BCUT2D eigenvalue weighted by atomic mass is 19.1. The van der Waals surface area contributed by atoms with Crippen molar-refractivity contribution in [1.29, 1.82) is 0 Å². The summed E-state index contributed by atoms with van der Waals surface area (Å²) in [7, 11) is 1.41. The molecule has 1 aromatic carbocycles. The molecule has 0 radical (unpaired) electrons. The van der Waals surface area contributed by atoms with E-state index in [-0.39, 0.29) is 11.3 Å². The van der Waals surface area contributed by atoms with Crippen molar-refractivity contribution >= 4 is 0 Å². The van der Waals surface area contributed by atoms with E-state index >= 15 is 0 Å². The van der Waals surface area contributed by atoms with Crippen LogP contribution < -0.4 is 10.3 Å². The van der Waals surface area contributed by atoms with Gasteiger partial charge in [0, 0.05) is 17.5 Å². The molecule has 0 bridgehead atoms. The third kappa shape index (κ3) is 2.36. The first-order valence-corrected chi connectivity index (χ1v) is 6.12. The summed E-state index contributed by atoms with van der Waals surface area (Å²) in [4.78, 5) is 18.6. The third-order valence-electron chi connectivity index (χ3n) is 3.18. The van der Waals surface area contributed by atoms with Crippen LogP contribution >= 0.6 is 0 Å². The largest absolute Gasteiger partial charge is 0.494 e. The highest BCUT2D eigenvalue weighted by molar-refractivity contribution is 5.56. The summed E-state index contributed by atoms with van der Waals surface area (Å²) in [6.07, 6.45) is 2.12. The molecule has 5 heteroatoms. The van der Waals surface area contributed by atoms with Crippen LogP contribution in [0.2, 0.25) is 0 Å².